The highest BCUT2D eigenvalue weighted by molar-refractivity contribution is 9.10. The number of aliphatic carboxylic acids is 1. The number of carbonyl (C=O) groups is 1. The molecule has 162 valence electrons. The molecule has 0 spiro atoms. The Kier molecular flexibility index (Phi) is 6.83. The van der Waals surface area contributed by atoms with Gasteiger partial charge in [0.2, 0.25) is 0 Å². The van der Waals surface area contributed by atoms with Crippen LogP contribution in [0.2, 0.25) is 5.02 Å². The zero-order valence-corrected chi connectivity index (χ0v) is 20.0. The molecule has 32 heavy (non-hydrogen) atoms. The third-order valence-corrected chi connectivity index (χ3v) is 6.30. The van der Waals surface area contributed by atoms with Gasteiger partial charge in [-0.25, -0.2) is 4.79 Å². The lowest BCUT2D eigenvalue weighted by Crippen LogP contribution is -2.02. The van der Waals surface area contributed by atoms with Gasteiger partial charge in [0.1, 0.15) is 16.4 Å². The first-order chi connectivity index (χ1) is 15.4. The second kappa shape index (κ2) is 9.77. The van der Waals surface area contributed by atoms with Crippen LogP contribution in [0.1, 0.15) is 12.7 Å². The van der Waals surface area contributed by atoms with Crippen LogP contribution in [-0.2, 0) is 11.3 Å². The number of carboxylic acids is 1. The van der Waals surface area contributed by atoms with Gasteiger partial charge >= 0.3 is 5.97 Å². The molecular formula is C23H17BrClN3O3S. The smallest absolute Gasteiger partial charge is 0.342 e. The number of carboxylic acid groups (broad SMARTS) is 1. The molecule has 0 saturated heterocycles. The van der Waals surface area contributed by atoms with Crippen LogP contribution < -0.4 is 0 Å². The molecule has 2 heterocycles. The fourth-order valence-electron chi connectivity index (χ4n) is 3.05. The van der Waals surface area contributed by atoms with E-state index in [1.54, 1.807) is 18.2 Å². The number of hydrogen-bond acceptors (Lipinski definition) is 5. The number of halogens is 2. The summed E-state index contributed by atoms with van der Waals surface area (Å²) >= 11 is 10.4. The molecule has 0 aliphatic carbocycles. The Hall–Kier alpha value is -2.81. The summed E-state index contributed by atoms with van der Waals surface area (Å²) in [7, 11) is 0. The van der Waals surface area contributed by atoms with Crippen LogP contribution in [0.25, 0.3) is 28.8 Å². The molecule has 0 amide bonds. The van der Waals surface area contributed by atoms with Gasteiger partial charge in [-0.2, -0.15) is 0 Å². The summed E-state index contributed by atoms with van der Waals surface area (Å²) in [5.74, 6) is 0.653. The topological polar surface area (TPSA) is 81.2 Å². The highest BCUT2D eigenvalue weighted by atomic mass is 79.9. The monoisotopic (exact) mass is 529 g/mol. The predicted octanol–water partition coefficient (Wildman–Crippen LogP) is 6.86. The normalized spacial score (nSPS) is 11.7. The van der Waals surface area contributed by atoms with E-state index in [1.807, 2.05) is 54.0 Å². The van der Waals surface area contributed by atoms with Gasteiger partial charge in [0.05, 0.1) is 0 Å². The van der Waals surface area contributed by atoms with Gasteiger partial charge in [-0.3, -0.25) is 0 Å². The van der Waals surface area contributed by atoms with Crippen LogP contribution >= 0.6 is 39.3 Å². The third-order valence-electron chi connectivity index (χ3n) is 4.56. The van der Waals surface area contributed by atoms with E-state index >= 15 is 0 Å². The largest absolute Gasteiger partial charge is 0.477 e. The number of thioether (sulfide) groups is 1. The van der Waals surface area contributed by atoms with Gasteiger partial charge in [-0.15, -0.1) is 10.2 Å². The summed E-state index contributed by atoms with van der Waals surface area (Å²) in [5, 5.41) is 19.3. The van der Waals surface area contributed by atoms with E-state index in [2.05, 4.69) is 26.1 Å². The lowest BCUT2D eigenvalue weighted by Gasteiger charge is -2.07. The van der Waals surface area contributed by atoms with E-state index in [1.165, 1.54) is 6.08 Å². The van der Waals surface area contributed by atoms with Crippen LogP contribution in [0.15, 0.2) is 79.6 Å². The van der Waals surface area contributed by atoms with Crippen molar-refractivity contribution in [2.75, 3.05) is 0 Å². The van der Waals surface area contributed by atoms with Crippen molar-refractivity contribution in [3.63, 3.8) is 0 Å². The molecule has 0 fully saturated rings. The summed E-state index contributed by atoms with van der Waals surface area (Å²) in [6, 6.07) is 18.5. The zero-order valence-electron chi connectivity index (χ0n) is 16.8. The second-order valence-corrected chi connectivity index (χ2v) is 9.05. The molecule has 9 heteroatoms. The average molecular weight is 531 g/mol. The Bertz CT molecular complexity index is 1300. The highest BCUT2D eigenvalue weighted by Crippen LogP contribution is 2.32. The van der Waals surface area contributed by atoms with Crippen molar-refractivity contribution >= 4 is 51.3 Å². The number of aromatic nitrogens is 3. The fourth-order valence-corrected chi connectivity index (χ4v) is 4.44. The quantitative estimate of drug-likeness (QED) is 0.208. The SMILES string of the molecule is CCn1c(S/C(=C\c2ccc(-c3cccc(Br)c3)o2)C(=O)O)nnc1-c1ccc(Cl)cc1. The molecule has 1 N–H and O–H groups in total. The lowest BCUT2D eigenvalue weighted by atomic mass is 10.2. The number of benzene rings is 2. The Labute approximate surface area is 202 Å². The molecular weight excluding hydrogens is 514 g/mol. The summed E-state index contributed by atoms with van der Waals surface area (Å²) in [6.07, 6.45) is 1.49. The van der Waals surface area contributed by atoms with Crippen LogP contribution in [0.3, 0.4) is 0 Å². The van der Waals surface area contributed by atoms with Crippen molar-refractivity contribution < 1.29 is 14.3 Å². The van der Waals surface area contributed by atoms with E-state index in [0.717, 1.165) is 27.4 Å². The van der Waals surface area contributed by atoms with Gasteiger partial charge in [0, 0.05) is 33.2 Å². The molecule has 0 bridgehead atoms. The van der Waals surface area contributed by atoms with E-state index in [0.29, 0.717) is 34.1 Å². The van der Waals surface area contributed by atoms with Crippen molar-refractivity contribution in [3.8, 4) is 22.7 Å². The highest BCUT2D eigenvalue weighted by Gasteiger charge is 2.19. The molecule has 0 saturated carbocycles. The van der Waals surface area contributed by atoms with Gasteiger partial charge < -0.3 is 14.1 Å². The van der Waals surface area contributed by atoms with Crippen LogP contribution in [0, 0.1) is 0 Å². The van der Waals surface area contributed by atoms with Crippen molar-refractivity contribution in [2.45, 2.75) is 18.6 Å². The number of hydrogen-bond donors (Lipinski definition) is 1. The van der Waals surface area contributed by atoms with Crippen molar-refractivity contribution in [2.24, 2.45) is 0 Å². The molecule has 2 aromatic heterocycles. The van der Waals surface area contributed by atoms with E-state index in [-0.39, 0.29) is 4.91 Å². The van der Waals surface area contributed by atoms with E-state index in [4.69, 9.17) is 16.0 Å². The van der Waals surface area contributed by atoms with Gasteiger partial charge in [-0.1, -0.05) is 39.7 Å². The standard InChI is InChI=1S/C23H17BrClN3O3S/c1-2-28-21(14-6-8-17(25)9-7-14)26-27-23(28)32-20(22(29)30)13-18-10-11-19(31-18)15-4-3-5-16(24)12-15/h3-13H,2H2,1H3,(H,29,30)/b20-13-. The molecule has 0 aliphatic heterocycles. The van der Waals surface area contributed by atoms with Crippen molar-refractivity contribution in [3.05, 3.63) is 80.8 Å². The van der Waals surface area contributed by atoms with Crippen LogP contribution in [0.4, 0.5) is 0 Å². The van der Waals surface area contributed by atoms with Crippen molar-refractivity contribution in [1.29, 1.82) is 0 Å². The molecule has 4 aromatic rings. The minimum absolute atomic E-state index is 0.0740. The maximum absolute atomic E-state index is 11.9. The van der Waals surface area contributed by atoms with Gasteiger partial charge in [-0.05, 0) is 67.2 Å². The minimum Gasteiger partial charge on any atom is -0.477 e. The minimum atomic E-state index is -1.07. The van der Waals surface area contributed by atoms with Crippen molar-refractivity contribution in [1.82, 2.24) is 14.8 Å². The maximum atomic E-state index is 11.9. The second-order valence-electron chi connectivity index (χ2n) is 6.69. The Morgan fingerprint density at radius 2 is 1.94 bits per heavy atom. The molecule has 4 rings (SSSR count). The summed E-state index contributed by atoms with van der Waals surface area (Å²) in [5.41, 5.74) is 1.74. The predicted molar refractivity (Wildman–Crippen MR) is 129 cm³/mol. The molecule has 0 aliphatic rings. The Morgan fingerprint density at radius 3 is 2.62 bits per heavy atom. The molecule has 0 radical (unpaired) electrons. The van der Waals surface area contributed by atoms with E-state index in [9.17, 15) is 9.90 Å². The number of rotatable bonds is 7. The first-order valence-corrected chi connectivity index (χ1v) is 11.6. The first kappa shape index (κ1) is 22.4. The maximum Gasteiger partial charge on any atom is 0.342 e. The lowest BCUT2D eigenvalue weighted by molar-refractivity contribution is -0.131. The van der Waals surface area contributed by atoms with Gasteiger partial charge in [0.25, 0.3) is 0 Å². The average Bonchev–Trinajstić information content (AvgIpc) is 3.41. The zero-order chi connectivity index (χ0) is 22.7. The third kappa shape index (κ3) is 4.98. The molecule has 2 aromatic carbocycles. The number of furan rings is 1. The molecule has 0 atom stereocenters. The number of nitrogens with zero attached hydrogens (tertiary/aromatic N) is 3. The molecule has 6 nitrogen and oxygen atoms in total. The van der Waals surface area contributed by atoms with Crippen LogP contribution in [0.5, 0.6) is 0 Å². The summed E-state index contributed by atoms with van der Waals surface area (Å²) < 4.78 is 8.65. The summed E-state index contributed by atoms with van der Waals surface area (Å²) in [4.78, 5) is 12.0. The first-order valence-electron chi connectivity index (χ1n) is 9.62. The van der Waals surface area contributed by atoms with Gasteiger partial charge in [0.15, 0.2) is 11.0 Å². The Balaban J connectivity index is 1.63. The van der Waals surface area contributed by atoms with Crippen LogP contribution in [-0.4, -0.2) is 25.8 Å². The van der Waals surface area contributed by atoms with E-state index < -0.39 is 5.97 Å². The summed E-state index contributed by atoms with van der Waals surface area (Å²) in [6.45, 7) is 2.53. The fraction of sp³-hybridized carbons (Fsp3) is 0.0870. The molecule has 0 unspecified atom stereocenters. The Morgan fingerprint density at radius 1 is 1.16 bits per heavy atom.